The maximum Gasteiger partial charge on any atom is 0.242 e. The standard InChI is InChI=1S/C14H18FN3O2S/c1-11-3-4-12(15)9-13(11)21(19,20)17-14(10-16)5-7-18(2)8-6-14/h3-4,9,17H,5-8H2,1-2H3. The Kier molecular flexibility index (Phi) is 4.33. The van der Waals surface area contributed by atoms with Crippen LogP contribution >= 0.6 is 0 Å². The van der Waals surface area contributed by atoms with Crippen molar-refractivity contribution in [1.82, 2.24) is 9.62 Å². The number of nitrogens with zero attached hydrogens (tertiary/aromatic N) is 2. The molecular formula is C14H18FN3O2S. The molecule has 5 nitrogen and oxygen atoms in total. The Morgan fingerprint density at radius 3 is 2.57 bits per heavy atom. The minimum atomic E-state index is -3.93. The molecule has 1 fully saturated rings. The Labute approximate surface area is 124 Å². The van der Waals surface area contributed by atoms with E-state index in [1.165, 1.54) is 12.1 Å². The highest BCUT2D eigenvalue weighted by Crippen LogP contribution is 2.25. The fourth-order valence-corrected chi connectivity index (χ4v) is 4.05. The SMILES string of the molecule is Cc1ccc(F)cc1S(=O)(=O)NC1(C#N)CCN(C)CC1. The molecule has 2 rings (SSSR count). The van der Waals surface area contributed by atoms with Crippen LogP contribution in [0.5, 0.6) is 0 Å². The van der Waals surface area contributed by atoms with Gasteiger partial charge in [0.05, 0.1) is 11.0 Å². The molecule has 1 aromatic carbocycles. The molecule has 1 aromatic rings. The lowest BCUT2D eigenvalue weighted by Crippen LogP contribution is -2.53. The van der Waals surface area contributed by atoms with Gasteiger partial charge in [0.15, 0.2) is 0 Å². The van der Waals surface area contributed by atoms with Gasteiger partial charge in [0.25, 0.3) is 0 Å². The van der Waals surface area contributed by atoms with Crippen LogP contribution in [-0.2, 0) is 10.0 Å². The second-order valence-corrected chi connectivity index (χ2v) is 7.16. The first-order chi connectivity index (χ1) is 9.78. The predicted molar refractivity (Wildman–Crippen MR) is 76.5 cm³/mol. The number of piperidine rings is 1. The van der Waals surface area contributed by atoms with Gasteiger partial charge < -0.3 is 4.90 Å². The van der Waals surface area contributed by atoms with Gasteiger partial charge in [-0.05, 0) is 44.5 Å². The average molecular weight is 311 g/mol. The second-order valence-electron chi connectivity index (χ2n) is 5.51. The molecule has 0 aromatic heterocycles. The third kappa shape index (κ3) is 3.40. The van der Waals surface area contributed by atoms with Crippen LogP contribution in [0.15, 0.2) is 23.1 Å². The number of nitrogens with one attached hydrogen (secondary N) is 1. The van der Waals surface area contributed by atoms with Gasteiger partial charge in [-0.3, -0.25) is 0 Å². The molecule has 1 N–H and O–H groups in total. The summed E-state index contributed by atoms with van der Waals surface area (Å²) in [4.78, 5) is 1.92. The molecule has 114 valence electrons. The highest BCUT2D eigenvalue weighted by Gasteiger charge is 2.38. The number of rotatable bonds is 3. The van der Waals surface area contributed by atoms with Gasteiger partial charge >= 0.3 is 0 Å². The number of sulfonamides is 1. The van der Waals surface area contributed by atoms with Crippen LogP contribution in [0.1, 0.15) is 18.4 Å². The Hall–Kier alpha value is -1.49. The summed E-state index contributed by atoms with van der Waals surface area (Å²) in [7, 11) is -2.01. The fraction of sp³-hybridized carbons (Fsp3) is 0.500. The van der Waals surface area contributed by atoms with E-state index in [-0.39, 0.29) is 4.90 Å². The molecule has 1 heterocycles. The van der Waals surface area contributed by atoms with Crippen molar-refractivity contribution in [3.8, 4) is 6.07 Å². The summed E-state index contributed by atoms with van der Waals surface area (Å²) < 4.78 is 40.8. The van der Waals surface area contributed by atoms with E-state index < -0.39 is 21.4 Å². The molecule has 0 aliphatic carbocycles. The maximum atomic E-state index is 13.3. The van der Waals surface area contributed by atoms with E-state index in [2.05, 4.69) is 10.8 Å². The molecule has 0 radical (unpaired) electrons. The summed E-state index contributed by atoms with van der Waals surface area (Å²) >= 11 is 0. The normalized spacial score (nSPS) is 19.1. The zero-order chi connectivity index (χ0) is 15.7. The van der Waals surface area contributed by atoms with Gasteiger partial charge in [0.2, 0.25) is 10.0 Å². The quantitative estimate of drug-likeness (QED) is 0.916. The number of nitriles is 1. The monoisotopic (exact) mass is 311 g/mol. The van der Waals surface area contributed by atoms with E-state index in [1.807, 2.05) is 11.9 Å². The Morgan fingerprint density at radius 2 is 2.00 bits per heavy atom. The van der Waals surface area contributed by atoms with E-state index in [9.17, 15) is 18.1 Å². The number of hydrogen-bond donors (Lipinski definition) is 1. The van der Waals surface area contributed by atoms with Gasteiger partial charge in [-0.1, -0.05) is 6.07 Å². The molecule has 1 aliphatic rings. The van der Waals surface area contributed by atoms with Crippen LogP contribution in [0.4, 0.5) is 4.39 Å². The number of halogens is 1. The number of benzene rings is 1. The van der Waals surface area contributed by atoms with E-state index in [0.717, 1.165) is 6.07 Å². The summed E-state index contributed by atoms with van der Waals surface area (Å²) in [5, 5.41) is 9.39. The number of hydrogen-bond acceptors (Lipinski definition) is 4. The molecule has 21 heavy (non-hydrogen) atoms. The summed E-state index contributed by atoms with van der Waals surface area (Å²) in [6, 6.07) is 5.70. The van der Waals surface area contributed by atoms with Crippen molar-refractivity contribution in [1.29, 1.82) is 5.26 Å². The predicted octanol–water partition coefficient (Wildman–Crippen LogP) is 1.40. The van der Waals surface area contributed by atoms with Gasteiger partial charge in [-0.25, -0.2) is 12.8 Å². The van der Waals surface area contributed by atoms with Crippen molar-refractivity contribution in [3.63, 3.8) is 0 Å². The zero-order valence-electron chi connectivity index (χ0n) is 12.1. The van der Waals surface area contributed by atoms with Gasteiger partial charge in [-0.15, -0.1) is 0 Å². The van der Waals surface area contributed by atoms with Crippen molar-refractivity contribution >= 4 is 10.0 Å². The molecule has 0 atom stereocenters. The minimum Gasteiger partial charge on any atom is -0.306 e. The maximum absolute atomic E-state index is 13.3. The zero-order valence-corrected chi connectivity index (χ0v) is 12.9. The third-order valence-electron chi connectivity index (χ3n) is 3.82. The molecule has 1 aliphatic heterocycles. The summed E-state index contributed by atoms with van der Waals surface area (Å²) in [5.74, 6) is -0.615. The lowest BCUT2D eigenvalue weighted by atomic mass is 9.91. The molecule has 0 amide bonds. The molecule has 1 saturated heterocycles. The van der Waals surface area contributed by atoms with Crippen molar-refractivity contribution in [2.45, 2.75) is 30.2 Å². The lowest BCUT2D eigenvalue weighted by molar-refractivity contribution is 0.213. The third-order valence-corrected chi connectivity index (χ3v) is 5.50. The van der Waals surface area contributed by atoms with Crippen LogP contribution in [-0.4, -0.2) is 39.0 Å². The van der Waals surface area contributed by atoms with Crippen molar-refractivity contribution in [3.05, 3.63) is 29.6 Å². The van der Waals surface area contributed by atoms with Crippen LogP contribution in [0.2, 0.25) is 0 Å². The topological polar surface area (TPSA) is 73.2 Å². The number of aryl methyl sites for hydroxylation is 1. The van der Waals surface area contributed by atoms with E-state index in [0.29, 0.717) is 31.5 Å². The second kappa shape index (κ2) is 5.72. The molecule has 0 spiro atoms. The van der Waals surface area contributed by atoms with E-state index in [4.69, 9.17) is 0 Å². The van der Waals surface area contributed by atoms with Crippen molar-refractivity contribution < 1.29 is 12.8 Å². The van der Waals surface area contributed by atoms with Crippen LogP contribution in [0.3, 0.4) is 0 Å². The average Bonchev–Trinajstić information content (AvgIpc) is 2.44. The first-order valence-corrected chi connectivity index (χ1v) is 8.16. The van der Waals surface area contributed by atoms with Crippen molar-refractivity contribution in [2.24, 2.45) is 0 Å². The summed E-state index contributed by atoms with van der Waals surface area (Å²) in [6.07, 6.45) is 0.821. The Balaban J connectivity index is 2.32. The van der Waals surface area contributed by atoms with Crippen LogP contribution in [0.25, 0.3) is 0 Å². The molecule has 7 heteroatoms. The fourth-order valence-electron chi connectivity index (χ4n) is 2.41. The van der Waals surface area contributed by atoms with Crippen molar-refractivity contribution in [2.75, 3.05) is 20.1 Å². The molecule has 0 unspecified atom stereocenters. The van der Waals surface area contributed by atoms with Gasteiger partial charge in [-0.2, -0.15) is 9.98 Å². The van der Waals surface area contributed by atoms with E-state index in [1.54, 1.807) is 6.92 Å². The Bertz CT molecular complexity index is 674. The molecule has 0 bridgehead atoms. The van der Waals surface area contributed by atoms with Crippen LogP contribution in [0, 0.1) is 24.1 Å². The van der Waals surface area contributed by atoms with E-state index >= 15 is 0 Å². The highest BCUT2D eigenvalue weighted by molar-refractivity contribution is 7.89. The lowest BCUT2D eigenvalue weighted by Gasteiger charge is -2.35. The first-order valence-electron chi connectivity index (χ1n) is 6.68. The minimum absolute atomic E-state index is 0.115. The smallest absolute Gasteiger partial charge is 0.242 e. The van der Waals surface area contributed by atoms with Gasteiger partial charge in [0.1, 0.15) is 11.4 Å². The molecule has 0 saturated carbocycles. The summed E-state index contributed by atoms with van der Waals surface area (Å²) in [6.45, 7) is 2.87. The molecular weight excluding hydrogens is 293 g/mol. The van der Waals surface area contributed by atoms with Crippen LogP contribution < -0.4 is 4.72 Å². The highest BCUT2D eigenvalue weighted by atomic mass is 32.2. The largest absolute Gasteiger partial charge is 0.306 e. The number of likely N-dealkylation sites (tertiary alicyclic amines) is 1. The first kappa shape index (κ1) is 15.9. The Morgan fingerprint density at radius 1 is 1.38 bits per heavy atom. The van der Waals surface area contributed by atoms with Gasteiger partial charge in [0, 0.05) is 13.1 Å². The summed E-state index contributed by atoms with van der Waals surface area (Å²) in [5.41, 5.74) is -0.672.